The Kier molecular flexibility index (Phi) is 7.41. The number of aromatic nitrogens is 2. The molecule has 3 rings (SSSR count). The molecule has 0 bridgehead atoms. The zero-order valence-corrected chi connectivity index (χ0v) is 15.6. The summed E-state index contributed by atoms with van der Waals surface area (Å²) in [6, 6.07) is 2.83. The molecule has 28 heavy (non-hydrogen) atoms. The Morgan fingerprint density at radius 3 is 2.43 bits per heavy atom. The smallest absolute Gasteiger partial charge is 0.476 e. The van der Waals surface area contributed by atoms with Crippen molar-refractivity contribution >= 4 is 11.9 Å². The first-order valence-corrected chi connectivity index (χ1v) is 9.13. The number of aromatic carboxylic acids is 1. The summed E-state index contributed by atoms with van der Waals surface area (Å²) in [4.78, 5) is 22.5. The molecule has 0 amide bonds. The van der Waals surface area contributed by atoms with E-state index < -0.39 is 18.1 Å². The van der Waals surface area contributed by atoms with Crippen LogP contribution in [0.5, 0.6) is 0 Å². The van der Waals surface area contributed by atoms with Crippen LogP contribution in [0.25, 0.3) is 0 Å². The van der Waals surface area contributed by atoms with Crippen molar-refractivity contribution in [3.8, 4) is 0 Å². The first-order chi connectivity index (χ1) is 13.1. The molecule has 8 nitrogen and oxygen atoms in total. The summed E-state index contributed by atoms with van der Waals surface area (Å²) in [5, 5.41) is 23.8. The number of carboxylic acid groups (broad SMARTS) is 2. The van der Waals surface area contributed by atoms with Crippen molar-refractivity contribution in [3.63, 3.8) is 0 Å². The summed E-state index contributed by atoms with van der Waals surface area (Å²) in [6.07, 6.45) is 1.31. The van der Waals surface area contributed by atoms with Crippen molar-refractivity contribution in [1.82, 2.24) is 20.0 Å². The van der Waals surface area contributed by atoms with E-state index in [2.05, 4.69) is 15.3 Å². The van der Waals surface area contributed by atoms with Crippen LogP contribution in [0, 0.1) is 0 Å². The zero-order valence-electron chi connectivity index (χ0n) is 15.6. The van der Waals surface area contributed by atoms with Crippen LogP contribution in [0.3, 0.4) is 0 Å². The molecule has 0 aromatic carbocycles. The van der Waals surface area contributed by atoms with Gasteiger partial charge in [0.25, 0.3) is 0 Å². The van der Waals surface area contributed by atoms with Crippen LogP contribution in [-0.4, -0.2) is 68.2 Å². The van der Waals surface area contributed by atoms with Crippen molar-refractivity contribution < 1.29 is 33.0 Å². The van der Waals surface area contributed by atoms with Crippen molar-refractivity contribution in [3.05, 3.63) is 17.5 Å². The van der Waals surface area contributed by atoms with Gasteiger partial charge in [-0.25, -0.2) is 9.59 Å². The molecule has 2 saturated heterocycles. The Labute approximate surface area is 160 Å². The molecule has 2 aliphatic rings. The second kappa shape index (κ2) is 9.37. The summed E-state index contributed by atoms with van der Waals surface area (Å²) in [5.41, 5.74) is 1.05. The lowest BCUT2D eigenvalue weighted by molar-refractivity contribution is -0.192. The number of fused-ring (bicyclic) bond motifs is 1. The lowest BCUT2D eigenvalue weighted by Gasteiger charge is -2.44. The van der Waals surface area contributed by atoms with Gasteiger partial charge in [0.05, 0.1) is 5.69 Å². The van der Waals surface area contributed by atoms with E-state index in [4.69, 9.17) is 15.0 Å². The number of nitrogens with one attached hydrogen (secondary N) is 1. The van der Waals surface area contributed by atoms with E-state index in [1.807, 2.05) is 0 Å². The Morgan fingerprint density at radius 1 is 1.21 bits per heavy atom. The first-order valence-electron chi connectivity index (χ1n) is 9.13. The molecule has 3 N–H and O–H groups in total. The Morgan fingerprint density at radius 2 is 1.86 bits per heavy atom. The van der Waals surface area contributed by atoms with E-state index in [-0.39, 0.29) is 5.69 Å². The van der Waals surface area contributed by atoms with E-state index >= 15 is 0 Å². The first kappa shape index (κ1) is 22.2. The fourth-order valence-corrected chi connectivity index (χ4v) is 3.71. The summed E-state index contributed by atoms with van der Waals surface area (Å²) >= 11 is 0. The lowest BCUT2D eigenvalue weighted by Crippen LogP contribution is -2.55. The fraction of sp³-hybridized carbons (Fsp3) is 0.706. The van der Waals surface area contributed by atoms with Gasteiger partial charge in [-0.1, -0.05) is 6.42 Å². The highest BCUT2D eigenvalue weighted by atomic mass is 19.4. The Bertz CT molecular complexity index is 690. The van der Waals surface area contributed by atoms with Crippen molar-refractivity contribution in [2.24, 2.45) is 7.05 Å². The molecular weight excluding hydrogens is 381 g/mol. The number of carbonyl (C=O) groups is 2. The van der Waals surface area contributed by atoms with Crippen LogP contribution in [0.2, 0.25) is 0 Å². The minimum Gasteiger partial charge on any atom is -0.476 e. The number of alkyl halides is 3. The molecule has 158 valence electrons. The maximum absolute atomic E-state index is 11.0. The van der Waals surface area contributed by atoms with E-state index in [0.717, 1.165) is 5.69 Å². The standard InChI is InChI=1S/C15H24N4O2.C2HF3O2/c1-18-11(9-13(17-18)15(20)21)10-16-12-5-4-8-19-7-3-2-6-14(12)19;3-2(4,5)1(6)7/h9,12,14,16H,2-8,10H2,1H3,(H,20,21);(H,6,7). The lowest BCUT2D eigenvalue weighted by atomic mass is 9.89. The second-order valence-electron chi connectivity index (χ2n) is 6.98. The highest BCUT2D eigenvalue weighted by molar-refractivity contribution is 5.85. The highest BCUT2D eigenvalue weighted by Crippen LogP contribution is 2.26. The maximum Gasteiger partial charge on any atom is 0.490 e. The van der Waals surface area contributed by atoms with Crippen LogP contribution >= 0.6 is 0 Å². The van der Waals surface area contributed by atoms with Crippen molar-refractivity contribution in [2.45, 2.75) is 56.9 Å². The second-order valence-corrected chi connectivity index (χ2v) is 6.98. The Hall–Kier alpha value is -2.14. The molecule has 0 saturated carbocycles. The van der Waals surface area contributed by atoms with Gasteiger partial charge in [-0.05, 0) is 44.8 Å². The van der Waals surface area contributed by atoms with Gasteiger partial charge in [-0.3, -0.25) is 9.58 Å². The minimum atomic E-state index is -5.08. The van der Waals surface area contributed by atoms with Gasteiger partial charge < -0.3 is 15.5 Å². The van der Waals surface area contributed by atoms with E-state index in [1.165, 1.54) is 45.2 Å². The topological polar surface area (TPSA) is 108 Å². The molecular formula is C17H25F3N4O4. The highest BCUT2D eigenvalue weighted by Gasteiger charge is 2.38. The third-order valence-corrected chi connectivity index (χ3v) is 5.07. The molecule has 1 aromatic heterocycles. The number of nitrogens with zero attached hydrogens (tertiary/aromatic N) is 3. The molecule has 2 fully saturated rings. The zero-order chi connectivity index (χ0) is 20.9. The molecule has 2 unspecified atom stereocenters. The normalized spacial score (nSPS) is 22.7. The van der Waals surface area contributed by atoms with Gasteiger partial charge in [0, 0.05) is 25.7 Å². The number of carboxylic acids is 2. The van der Waals surface area contributed by atoms with E-state index in [0.29, 0.717) is 18.6 Å². The van der Waals surface area contributed by atoms with Gasteiger partial charge >= 0.3 is 18.1 Å². The summed E-state index contributed by atoms with van der Waals surface area (Å²) in [7, 11) is 1.80. The number of hydrogen-bond donors (Lipinski definition) is 3. The molecule has 2 aliphatic heterocycles. The number of hydrogen-bond acceptors (Lipinski definition) is 5. The van der Waals surface area contributed by atoms with Crippen LogP contribution in [0.15, 0.2) is 6.07 Å². The quantitative estimate of drug-likeness (QED) is 0.701. The summed E-state index contributed by atoms with van der Waals surface area (Å²) < 4.78 is 33.4. The van der Waals surface area contributed by atoms with E-state index in [1.54, 1.807) is 17.8 Å². The number of aryl methyl sites for hydroxylation is 1. The van der Waals surface area contributed by atoms with Crippen LogP contribution in [0.4, 0.5) is 13.2 Å². The average molecular weight is 406 g/mol. The largest absolute Gasteiger partial charge is 0.490 e. The maximum atomic E-state index is 11.0. The molecule has 0 spiro atoms. The predicted molar refractivity (Wildman–Crippen MR) is 92.9 cm³/mol. The average Bonchev–Trinajstić information content (AvgIpc) is 3.01. The molecule has 0 aliphatic carbocycles. The summed E-state index contributed by atoms with van der Waals surface area (Å²) in [5.74, 6) is -3.72. The van der Waals surface area contributed by atoms with Crippen LogP contribution in [0.1, 0.15) is 48.3 Å². The monoisotopic (exact) mass is 406 g/mol. The van der Waals surface area contributed by atoms with E-state index in [9.17, 15) is 18.0 Å². The van der Waals surface area contributed by atoms with Gasteiger partial charge in [-0.2, -0.15) is 18.3 Å². The van der Waals surface area contributed by atoms with Crippen molar-refractivity contribution in [1.29, 1.82) is 0 Å². The Balaban J connectivity index is 0.000000345. The molecule has 0 radical (unpaired) electrons. The van der Waals surface area contributed by atoms with Gasteiger partial charge in [0.1, 0.15) is 0 Å². The minimum absolute atomic E-state index is 0.122. The molecule has 11 heteroatoms. The number of rotatable bonds is 4. The number of halogens is 3. The van der Waals surface area contributed by atoms with Gasteiger partial charge in [-0.15, -0.1) is 0 Å². The van der Waals surface area contributed by atoms with Gasteiger partial charge in [0.2, 0.25) is 0 Å². The predicted octanol–water partition coefficient (Wildman–Crippen LogP) is 1.86. The third kappa shape index (κ3) is 5.93. The fourth-order valence-electron chi connectivity index (χ4n) is 3.71. The third-order valence-electron chi connectivity index (χ3n) is 5.07. The van der Waals surface area contributed by atoms with Crippen LogP contribution < -0.4 is 5.32 Å². The summed E-state index contributed by atoms with van der Waals surface area (Å²) in [6.45, 7) is 3.15. The van der Waals surface area contributed by atoms with Crippen LogP contribution in [-0.2, 0) is 18.4 Å². The van der Waals surface area contributed by atoms with Crippen molar-refractivity contribution in [2.75, 3.05) is 13.1 Å². The SMILES string of the molecule is Cn1nc(C(=O)O)cc1CNC1CCCN2CCCCC12.O=C(O)C(F)(F)F. The molecule has 1 aromatic rings. The number of piperidine rings is 2. The molecule has 3 heterocycles. The molecule has 2 atom stereocenters. The number of aliphatic carboxylic acids is 1. The van der Waals surface area contributed by atoms with Gasteiger partial charge in [0.15, 0.2) is 5.69 Å².